The van der Waals surface area contributed by atoms with Crippen molar-refractivity contribution in [1.29, 1.82) is 0 Å². The molecule has 0 radical (unpaired) electrons. The SMILES string of the molecule is COc1ccc(/C=C(/NC(=O)c2ccccc2)C(=O)Nc2cccc(SCC(=O)Nc3ccc(C)c(C)c3)c2)cc1OC. The summed E-state index contributed by atoms with van der Waals surface area (Å²) in [5, 5.41) is 8.51. The Kier molecular flexibility index (Phi) is 10.6. The zero-order valence-electron chi connectivity index (χ0n) is 24.4. The number of rotatable bonds is 11. The third-order valence-electron chi connectivity index (χ3n) is 6.50. The van der Waals surface area contributed by atoms with Crippen LogP contribution in [0.1, 0.15) is 27.0 Å². The van der Waals surface area contributed by atoms with E-state index in [1.807, 2.05) is 44.2 Å². The van der Waals surface area contributed by atoms with Crippen LogP contribution in [0.15, 0.2) is 102 Å². The lowest BCUT2D eigenvalue weighted by Gasteiger charge is -2.13. The molecule has 4 rings (SSSR count). The third-order valence-corrected chi connectivity index (χ3v) is 7.49. The Morgan fingerprint density at radius 1 is 0.744 bits per heavy atom. The highest BCUT2D eigenvalue weighted by Crippen LogP contribution is 2.29. The van der Waals surface area contributed by atoms with E-state index in [1.165, 1.54) is 26.0 Å². The molecule has 0 atom stereocenters. The first kappa shape index (κ1) is 30.9. The van der Waals surface area contributed by atoms with Crippen LogP contribution in [0.5, 0.6) is 11.5 Å². The van der Waals surface area contributed by atoms with Gasteiger partial charge in [-0.3, -0.25) is 14.4 Å². The molecule has 0 fully saturated rings. The first-order valence-corrected chi connectivity index (χ1v) is 14.5. The van der Waals surface area contributed by atoms with Gasteiger partial charge in [0.15, 0.2) is 11.5 Å². The average molecular weight is 596 g/mol. The Balaban J connectivity index is 1.49. The quantitative estimate of drug-likeness (QED) is 0.136. The molecule has 0 saturated heterocycles. The van der Waals surface area contributed by atoms with Crippen LogP contribution in [0.3, 0.4) is 0 Å². The van der Waals surface area contributed by atoms with Crippen molar-refractivity contribution >= 4 is 46.9 Å². The highest BCUT2D eigenvalue weighted by atomic mass is 32.2. The first-order chi connectivity index (χ1) is 20.7. The number of carbonyl (C=O) groups excluding carboxylic acids is 3. The van der Waals surface area contributed by atoms with Crippen molar-refractivity contribution in [2.45, 2.75) is 18.7 Å². The van der Waals surface area contributed by atoms with Crippen LogP contribution in [0.2, 0.25) is 0 Å². The normalized spacial score (nSPS) is 10.9. The van der Waals surface area contributed by atoms with Crippen molar-refractivity contribution in [3.63, 3.8) is 0 Å². The lowest BCUT2D eigenvalue weighted by atomic mass is 10.1. The second-order valence-electron chi connectivity index (χ2n) is 9.61. The van der Waals surface area contributed by atoms with Crippen molar-refractivity contribution in [2.75, 3.05) is 30.6 Å². The second-order valence-corrected chi connectivity index (χ2v) is 10.7. The predicted octanol–water partition coefficient (Wildman–Crippen LogP) is 6.46. The Bertz CT molecular complexity index is 1650. The van der Waals surface area contributed by atoms with Crippen molar-refractivity contribution in [1.82, 2.24) is 5.32 Å². The van der Waals surface area contributed by atoms with Crippen LogP contribution in [-0.4, -0.2) is 37.7 Å². The molecular weight excluding hydrogens is 562 g/mol. The van der Waals surface area contributed by atoms with Crippen LogP contribution in [-0.2, 0) is 9.59 Å². The van der Waals surface area contributed by atoms with E-state index < -0.39 is 11.8 Å². The molecular formula is C34H33N3O5S. The van der Waals surface area contributed by atoms with Gasteiger partial charge in [-0.25, -0.2) is 0 Å². The summed E-state index contributed by atoms with van der Waals surface area (Å²) in [5.74, 6) is 0.136. The minimum Gasteiger partial charge on any atom is -0.493 e. The second kappa shape index (κ2) is 14.7. The summed E-state index contributed by atoms with van der Waals surface area (Å²) in [5.41, 5.74) is 4.59. The molecule has 4 aromatic carbocycles. The molecule has 43 heavy (non-hydrogen) atoms. The highest BCUT2D eigenvalue weighted by molar-refractivity contribution is 8.00. The molecule has 3 amide bonds. The molecule has 0 aliphatic carbocycles. The Morgan fingerprint density at radius 3 is 2.21 bits per heavy atom. The number of aryl methyl sites for hydroxylation is 2. The molecule has 0 heterocycles. The number of nitrogens with one attached hydrogen (secondary N) is 3. The van der Waals surface area contributed by atoms with E-state index in [1.54, 1.807) is 66.7 Å². The van der Waals surface area contributed by atoms with E-state index in [0.29, 0.717) is 28.3 Å². The van der Waals surface area contributed by atoms with Crippen molar-refractivity contribution in [3.05, 3.63) is 119 Å². The van der Waals surface area contributed by atoms with Crippen molar-refractivity contribution in [2.24, 2.45) is 0 Å². The maximum absolute atomic E-state index is 13.5. The molecule has 8 nitrogen and oxygen atoms in total. The lowest BCUT2D eigenvalue weighted by molar-refractivity contribution is -0.114. The summed E-state index contributed by atoms with van der Waals surface area (Å²) in [6.45, 7) is 4.02. The van der Waals surface area contributed by atoms with Crippen LogP contribution in [0.4, 0.5) is 11.4 Å². The molecule has 3 N–H and O–H groups in total. The number of thioether (sulfide) groups is 1. The maximum Gasteiger partial charge on any atom is 0.272 e. The maximum atomic E-state index is 13.5. The monoisotopic (exact) mass is 595 g/mol. The van der Waals surface area contributed by atoms with Crippen LogP contribution in [0, 0.1) is 13.8 Å². The van der Waals surface area contributed by atoms with Crippen LogP contribution >= 0.6 is 11.8 Å². The lowest BCUT2D eigenvalue weighted by Crippen LogP contribution is -2.30. The number of amides is 3. The minimum atomic E-state index is -0.520. The van der Waals surface area contributed by atoms with Gasteiger partial charge in [0.25, 0.3) is 11.8 Å². The fraction of sp³-hybridized carbons (Fsp3) is 0.147. The van der Waals surface area contributed by atoms with Crippen molar-refractivity contribution < 1.29 is 23.9 Å². The topological polar surface area (TPSA) is 106 Å². The molecule has 0 aliphatic heterocycles. The predicted molar refractivity (Wildman–Crippen MR) is 172 cm³/mol. The summed E-state index contributed by atoms with van der Waals surface area (Å²) in [7, 11) is 3.06. The van der Waals surface area contributed by atoms with E-state index in [9.17, 15) is 14.4 Å². The van der Waals surface area contributed by atoms with Gasteiger partial charge in [0.1, 0.15) is 5.70 Å². The number of anilines is 2. The third kappa shape index (κ3) is 8.73. The molecule has 220 valence electrons. The van der Waals surface area contributed by atoms with Crippen LogP contribution < -0.4 is 25.4 Å². The fourth-order valence-corrected chi connectivity index (χ4v) is 4.83. The van der Waals surface area contributed by atoms with E-state index in [0.717, 1.165) is 21.7 Å². The summed E-state index contributed by atoms with van der Waals surface area (Å²) >= 11 is 1.35. The average Bonchev–Trinajstić information content (AvgIpc) is 3.02. The van der Waals surface area contributed by atoms with Crippen LogP contribution in [0.25, 0.3) is 6.08 Å². The number of hydrogen-bond donors (Lipinski definition) is 3. The van der Waals surface area contributed by atoms with E-state index in [4.69, 9.17) is 9.47 Å². The summed E-state index contributed by atoms with van der Waals surface area (Å²) < 4.78 is 10.7. The summed E-state index contributed by atoms with van der Waals surface area (Å²) in [4.78, 5) is 39.8. The van der Waals surface area contributed by atoms with Crippen molar-refractivity contribution in [3.8, 4) is 11.5 Å². The zero-order chi connectivity index (χ0) is 30.8. The van der Waals surface area contributed by atoms with Gasteiger partial charge < -0.3 is 25.4 Å². The van der Waals surface area contributed by atoms with Gasteiger partial charge in [-0.05, 0) is 91.2 Å². The Morgan fingerprint density at radius 2 is 1.49 bits per heavy atom. The number of carbonyl (C=O) groups is 3. The van der Waals surface area contributed by atoms with E-state index >= 15 is 0 Å². The smallest absolute Gasteiger partial charge is 0.272 e. The molecule has 0 saturated carbocycles. The standard InChI is InChI=1S/C34H33N3O5S/c1-22-13-15-27(17-23(22)2)35-32(38)21-43-28-12-8-11-26(20-28)36-34(40)29(37-33(39)25-9-6-5-7-10-25)18-24-14-16-30(41-3)31(19-24)42-4/h5-20H,21H2,1-4H3,(H,35,38)(H,36,40)(H,37,39)/b29-18+. The zero-order valence-corrected chi connectivity index (χ0v) is 25.2. The molecule has 0 aromatic heterocycles. The summed E-state index contributed by atoms with van der Waals surface area (Å²) in [6, 6.07) is 26.8. The largest absolute Gasteiger partial charge is 0.493 e. The van der Waals surface area contributed by atoms with Gasteiger partial charge in [-0.2, -0.15) is 0 Å². The van der Waals surface area contributed by atoms with Gasteiger partial charge in [0, 0.05) is 21.8 Å². The number of methoxy groups -OCH3 is 2. The molecule has 9 heteroatoms. The van der Waals surface area contributed by atoms with E-state index in [-0.39, 0.29) is 17.4 Å². The number of ether oxygens (including phenoxy) is 2. The number of hydrogen-bond acceptors (Lipinski definition) is 6. The molecule has 0 unspecified atom stereocenters. The van der Waals surface area contributed by atoms with Gasteiger partial charge in [-0.1, -0.05) is 36.4 Å². The highest BCUT2D eigenvalue weighted by Gasteiger charge is 2.16. The molecule has 0 spiro atoms. The van der Waals surface area contributed by atoms with Gasteiger partial charge >= 0.3 is 0 Å². The van der Waals surface area contributed by atoms with Gasteiger partial charge in [0.2, 0.25) is 5.91 Å². The van der Waals surface area contributed by atoms with Gasteiger partial charge in [-0.15, -0.1) is 11.8 Å². The first-order valence-electron chi connectivity index (χ1n) is 13.5. The molecule has 0 aliphatic rings. The Labute approximate surface area is 255 Å². The van der Waals surface area contributed by atoms with Gasteiger partial charge in [0.05, 0.1) is 20.0 Å². The minimum absolute atomic E-state index is 0.0342. The molecule has 4 aromatic rings. The Hall–Kier alpha value is -5.02. The summed E-state index contributed by atoms with van der Waals surface area (Å²) in [6.07, 6.45) is 1.56. The molecule has 0 bridgehead atoms. The number of benzene rings is 4. The fourth-order valence-electron chi connectivity index (χ4n) is 4.08. The van der Waals surface area contributed by atoms with E-state index in [2.05, 4.69) is 16.0 Å².